The van der Waals surface area contributed by atoms with Gasteiger partial charge >= 0.3 is 0 Å². The Labute approximate surface area is 174 Å². The number of fused-ring (bicyclic) bond motifs is 2. The van der Waals surface area contributed by atoms with Crippen LogP contribution in [0.1, 0.15) is 23.1 Å². The fourth-order valence-electron chi connectivity index (χ4n) is 4.10. The van der Waals surface area contributed by atoms with E-state index in [9.17, 15) is 9.18 Å². The van der Waals surface area contributed by atoms with Crippen molar-refractivity contribution < 1.29 is 23.4 Å². The maximum absolute atomic E-state index is 13.7. The van der Waals surface area contributed by atoms with Crippen molar-refractivity contribution >= 4 is 22.9 Å². The number of carbonyl (C=O) groups excluding carboxylic acids is 1. The zero-order valence-corrected chi connectivity index (χ0v) is 16.6. The first-order valence-electron chi connectivity index (χ1n) is 10.2. The molecule has 0 radical (unpaired) electrons. The van der Waals surface area contributed by atoms with Gasteiger partial charge < -0.3 is 19.5 Å². The van der Waals surface area contributed by atoms with Crippen LogP contribution in [0.3, 0.4) is 0 Å². The average molecular weight is 410 g/mol. The van der Waals surface area contributed by atoms with E-state index in [1.54, 1.807) is 6.07 Å². The summed E-state index contributed by atoms with van der Waals surface area (Å²) in [6.45, 7) is 5.57. The largest absolute Gasteiger partial charge is 0.494 e. The van der Waals surface area contributed by atoms with Crippen LogP contribution < -0.4 is 10.1 Å². The lowest BCUT2D eigenvalue weighted by molar-refractivity contribution is -0.110. The summed E-state index contributed by atoms with van der Waals surface area (Å²) in [7, 11) is 0. The number of nitrogens with zero attached hydrogens (tertiary/aromatic N) is 1. The molecule has 7 heteroatoms. The molecule has 5 rings (SSSR count). The number of carbonyl (C=O) groups is 1. The summed E-state index contributed by atoms with van der Waals surface area (Å²) < 4.78 is 30.9. The van der Waals surface area contributed by atoms with Crippen molar-refractivity contribution in [3.8, 4) is 5.75 Å². The molecule has 6 nitrogen and oxygen atoms in total. The van der Waals surface area contributed by atoms with Crippen molar-refractivity contribution in [1.82, 2.24) is 4.90 Å². The van der Waals surface area contributed by atoms with E-state index in [2.05, 4.69) is 10.2 Å². The average Bonchev–Trinajstić information content (AvgIpc) is 3.31. The summed E-state index contributed by atoms with van der Waals surface area (Å²) in [6, 6.07) is 10.0. The van der Waals surface area contributed by atoms with Crippen LogP contribution in [0.5, 0.6) is 5.75 Å². The first-order valence-corrected chi connectivity index (χ1v) is 10.2. The molecule has 1 fully saturated rings. The zero-order chi connectivity index (χ0) is 20.5. The van der Waals surface area contributed by atoms with Crippen LogP contribution in [-0.2, 0) is 20.9 Å². The van der Waals surface area contributed by atoms with Crippen molar-refractivity contribution in [2.24, 2.45) is 0 Å². The van der Waals surface area contributed by atoms with E-state index in [1.165, 1.54) is 12.1 Å². The first kappa shape index (κ1) is 19.1. The highest BCUT2D eigenvalue weighted by molar-refractivity contribution is 6.36. The third-order valence-corrected chi connectivity index (χ3v) is 5.64. The smallest absolute Gasteiger partial charge is 0.260 e. The Bertz CT molecular complexity index is 1010. The van der Waals surface area contributed by atoms with Crippen molar-refractivity contribution in [1.29, 1.82) is 0 Å². The summed E-state index contributed by atoms with van der Waals surface area (Å²) in [5, 5.41) is 2.78. The molecule has 2 aromatic carbocycles. The Balaban J connectivity index is 1.29. The minimum absolute atomic E-state index is 0.276. The maximum atomic E-state index is 13.7. The van der Waals surface area contributed by atoms with Crippen LogP contribution in [0.2, 0.25) is 0 Å². The van der Waals surface area contributed by atoms with Gasteiger partial charge in [-0.2, -0.15) is 0 Å². The summed E-state index contributed by atoms with van der Waals surface area (Å²) in [5.74, 6) is 0.614. The predicted octanol–water partition coefficient (Wildman–Crippen LogP) is 3.28. The monoisotopic (exact) mass is 410 g/mol. The van der Waals surface area contributed by atoms with Crippen LogP contribution in [0.25, 0.3) is 11.3 Å². The molecule has 0 aliphatic carbocycles. The number of hydrogen-bond donors (Lipinski definition) is 1. The normalized spacial score (nSPS) is 20.5. The maximum Gasteiger partial charge on any atom is 0.260 e. The Morgan fingerprint density at radius 1 is 1.10 bits per heavy atom. The third kappa shape index (κ3) is 3.66. The molecule has 1 saturated heterocycles. The van der Waals surface area contributed by atoms with Crippen LogP contribution in [0, 0.1) is 5.82 Å². The summed E-state index contributed by atoms with van der Waals surface area (Å²) in [6.07, 6.45) is 0.950. The van der Waals surface area contributed by atoms with Gasteiger partial charge in [-0.05, 0) is 42.8 Å². The molecule has 3 heterocycles. The van der Waals surface area contributed by atoms with E-state index in [-0.39, 0.29) is 11.7 Å². The molecule has 0 bridgehead atoms. The van der Waals surface area contributed by atoms with E-state index < -0.39 is 0 Å². The molecule has 30 heavy (non-hydrogen) atoms. The highest BCUT2D eigenvalue weighted by atomic mass is 19.1. The highest BCUT2D eigenvalue weighted by Crippen LogP contribution is 2.42. The van der Waals surface area contributed by atoms with E-state index in [0.29, 0.717) is 35.8 Å². The summed E-state index contributed by atoms with van der Waals surface area (Å²) in [4.78, 5) is 14.9. The van der Waals surface area contributed by atoms with Gasteiger partial charge in [0.1, 0.15) is 23.9 Å². The van der Waals surface area contributed by atoms with E-state index in [4.69, 9.17) is 14.2 Å². The van der Waals surface area contributed by atoms with Crippen LogP contribution in [0.15, 0.2) is 36.4 Å². The lowest BCUT2D eigenvalue weighted by Gasteiger charge is -2.26. The molecule has 1 N–H and O–H groups in total. The number of anilines is 1. The first-order chi connectivity index (χ1) is 14.7. The molecule has 0 saturated carbocycles. The van der Waals surface area contributed by atoms with Gasteiger partial charge in [-0.25, -0.2) is 4.39 Å². The van der Waals surface area contributed by atoms with Crippen LogP contribution >= 0.6 is 0 Å². The van der Waals surface area contributed by atoms with Gasteiger partial charge in [0.2, 0.25) is 0 Å². The molecule has 156 valence electrons. The minimum atomic E-state index is -0.387. The topological polar surface area (TPSA) is 60.0 Å². The Hall–Kier alpha value is -2.90. The fourth-order valence-corrected chi connectivity index (χ4v) is 4.10. The minimum Gasteiger partial charge on any atom is -0.494 e. The number of halogens is 1. The van der Waals surface area contributed by atoms with Gasteiger partial charge in [0.15, 0.2) is 0 Å². The molecule has 3 aliphatic rings. The molecular weight excluding hydrogens is 387 g/mol. The molecule has 0 aromatic heterocycles. The van der Waals surface area contributed by atoms with Gasteiger partial charge in [-0.1, -0.05) is 0 Å². The second-order valence-corrected chi connectivity index (χ2v) is 7.61. The third-order valence-electron chi connectivity index (χ3n) is 5.64. The number of benzene rings is 2. The van der Waals surface area contributed by atoms with Gasteiger partial charge in [-0.3, -0.25) is 9.69 Å². The summed E-state index contributed by atoms with van der Waals surface area (Å²) >= 11 is 0. The van der Waals surface area contributed by atoms with Crippen LogP contribution in [-0.4, -0.2) is 50.3 Å². The van der Waals surface area contributed by atoms with Crippen molar-refractivity contribution in [2.45, 2.75) is 13.0 Å². The Kier molecular flexibility index (Phi) is 5.14. The van der Waals surface area contributed by atoms with Crippen molar-refractivity contribution in [3.63, 3.8) is 0 Å². The molecule has 0 spiro atoms. The molecule has 0 atom stereocenters. The number of ether oxygens (including phenoxy) is 3. The second kappa shape index (κ2) is 8.08. The van der Waals surface area contributed by atoms with Gasteiger partial charge in [0, 0.05) is 42.0 Å². The van der Waals surface area contributed by atoms with Gasteiger partial charge in [0.25, 0.3) is 5.91 Å². The van der Waals surface area contributed by atoms with Crippen molar-refractivity contribution in [3.05, 3.63) is 58.9 Å². The molecular formula is C23H23FN2O4. The lowest BCUT2D eigenvalue weighted by Crippen LogP contribution is -2.37. The van der Waals surface area contributed by atoms with Gasteiger partial charge in [-0.15, -0.1) is 0 Å². The Morgan fingerprint density at radius 2 is 1.97 bits per heavy atom. The Morgan fingerprint density at radius 3 is 2.83 bits per heavy atom. The van der Waals surface area contributed by atoms with Crippen LogP contribution in [0.4, 0.5) is 10.1 Å². The van der Waals surface area contributed by atoms with E-state index in [1.807, 2.05) is 18.2 Å². The summed E-state index contributed by atoms with van der Waals surface area (Å²) in [5.41, 5.74) is 3.31. The lowest BCUT2D eigenvalue weighted by atomic mass is 10.0. The van der Waals surface area contributed by atoms with E-state index >= 15 is 0 Å². The molecule has 3 aliphatic heterocycles. The molecule has 2 aromatic rings. The molecule has 0 unspecified atom stereocenters. The highest BCUT2D eigenvalue weighted by Gasteiger charge is 2.32. The zero-order valence-electron chi connectivity index (χ0n) is 16.6. The number of morpholine rings is 1. The number of nitrogens with one attached hydrogen (secondary N) is 1. The number of amides is 1. The predicted molar refractivity (Wildman–Crippen MR) is 110 cm³/mol. The second-order valence-electron chi connectivity index (χ2n) is 7.61. The van der Waals surface area contributed by atoms with Crippen molar-refractivity contribution in [2.75, 3.05) is 44.8 Å². The van der Waals surface area contributed by atoms with Gasteiger partial charge in [0.05, 0.1) is 25.4 Å². The number of rotatable bonds is 5. The fraction of sp³-hybridized carbons (Fsp3) is 0.348. The molecule has 1 amide bonds. The quantitative estimate of drug-likeness (QED) is 0.606. The number of hydrogen-bond acceptors (Lipinski definition) is 5. The van der Waals surface area contributed by atoms with E-state index in [0.717, 1.165) is 56.1 Å². The standard InChI is InChI=1S/C23H23FN2O4/c24-16-2-5-20-19(13-16)21(23(27)25-20)22-18-4-3-17(12-15(18)14-30-22)29-9-1-6-26-7-10-28-11-8-26/h2-5,12-13H,1,6-11,14H2,(H,25,27). The SMILES string of the molecule is O=C1Nc2ccc(F)cc2C1=C1OCc2cc(OCCCN3CCOCC3)ccc21.